The van der Waals surface area contributed by atoms with E-state index in [9.17, 15) is 44.8 Å². The van der Waals surface area contributed by atoms with Crippen LogP contribution in [-0.2, 0) is 14.8 Å². The first-order valence-electron chi connectivity index (χ1n) is 8.98. The Labute approximate surface area is 189 Å². The van der Waals surface area contributed by atoms with Gasteiger partial charge in [0.2, 0.25) is 5.91 Å². The van der Waals surface area contributed by atoms with Crippen molar-refractivity contribution >= 4 is 27.3 Å². The molecule has 0 unspecified atom stereocenters. The van der Waals surface area contributed by atoms with E-state index in [1.165, 1.54) is 37.3 Å². The molecule has 0 radical (unpaired) electrons. The largest absolute Gasteiger partial charge is 0.483 e. The number of nitriles is 1. The zero-order valence-electron chi connectivity index (χ0n) is 17.0. The van der Waals surface area contributed by atoms with Crippen molar-refractivity contribution in [2.45, 2.75) is 24.2 Å². The Morgan fingerprint density at radius 3 is 1.97 bits per heavy atom. The molecule has 0 spiro atoms. The second-order valence-corrected chi connectivity index (χ2v) is 8.20. The SMILES string of the molecule is CC(=O)Nc1ccc(NS(=O)(=O)c2ccc(OCC(F)(F)F)c(C#N)c2OCC(F)(F)F)cc1. The first kappa shape index (κ1) is 26.6. The number of halogens is 6. The van der Waals surface area contributed by atoms with E-state index in [0.29, 0.717) is 17.8 Å². The highest BCUT2D eigenvalue weighted by atomic mass is 32.2. The lowest BCUT2D eigenvalue weighted by Crippen LogP contribution is -2.23. The van der Waals surface area contributed by atoms with Crippen molar-refractivity contribution in [2.75, 3.05) is 23.3 Å². The fraction of sp³-hybridized carbons (Fsp3) is 0.263. The minimum absolute atomic E-state index is 0.0771. The molecule has 0 saturated heterocycles. The second-order valence-electron chi connectivity index (χ2n) is 6.55. The van der Waals surface area contributed by atoms with Crippen LogP contribution in [0.3, 0.4) is 0 Å². The maximum absolute atomic E-state index is 12.8. The number of sulfonamides is 1. The third-order valence-electron chi connectivity index (χ3n) is 3.71. The van der Waals surface area contributed by atoms with Crippen LogP contribution in [0.2, 0.25) is 0 Å². The number of nitrogens with one attached hydrogen (secondary N) is 2. The monoisotopic (exact) mass is 511 g/mol. The van der Waals surface area contributed by atoms with Gasteiger partial charge in [-0.25, -0.2) is 8.42 Å². The van der Waals surface area contributed by atoms with Crippen molar-refractivity contribution in [2.24, 2.45) is 0 Å². The van der Waals surface area contributed by atoms with Crippen molar-refractivity contribution in [3.05, 3.63) is 42.0 Å². The highest BCUT2D eigenvalue weighted by Crippen LogP contribution is 2.37. The van der Waals surface area contributed by atoms with Crippen molar-refractivity contribution in [1.29, 1.82) is 5.26 Å². The summed E-state index contributed by atoms with van der Waals surface area (Å²) in [4.78, 5) is 10.1. The van der Waals surface area contributed by atoms with Gasteiger partial charge in [-0.3, -0.25) is 9.52 Å². The van der Waals surface area contributed by atoms with Crippen LogP contribution < -0.4 is 19.5 Å². The molecule has 0 aromatic heterocycles. The third kappa shape index (κ3) is 7.73. The predicted octanol–water partition coefficient (Wildman–Crippen LogP) is 4.20. The molecular formula is C19H15F6N3O5S. The van der Waals surface area contributed by atoms with Gasteiger partial charge in [0.1, 0.15) is 22.3 Å². The summed E-state index contributed by atoms with van der Waals surface area (Å²) < 4.78 is 112. The fourth-order valence-electron chi connectivity index (χ4n) is 2.48. The van der Waals surface area contributed by atoms with Gasteiger partial charge < -0.3 is 14.8 Å². The zero-order chi connectivity index (χ0) is 25.7. The predicted molar refractivity (Wildman–Crippen MR) is 106 cm³/mol. The third-order valence-corrected chi connectivity index (χ3v) is 5.12. The normalized spacial score (nSPS) is 11.9. The van der Waals surface area contributed by atoms with Crippen LogP contribution in [0, 0.1) is 11.3 Å². The maximum atomic E-state index is 12.8. The molecule has 0 aliphatic rings. The van der Waals surface area contributed by atoms with Gasteiger partial charge in [-0.15, -0.1) is 0 Å². The standard InChI is InChI=1S/C19H15F6N3O5S/c1-11(29)27-12-2-4-13(5-3-12)28-34(30,31)16-7-6-15(32-9-18(20,21)22)14(8-26)17(16)33-10-19(23,24)25/h2-7,28H,9-10H2,1H3,(H,27,29). The van der Waals surface area contributed by atoms with Gasteiger partial charge in [0.05, 0.1) is 0 Å². The molecule has 2 aromatic rings. The summed E-state index contributed by atoms with van der Waals surface area (Å²) in [5.74, 6) is -2.35. The summed E-state index contributed by atoms with van der Waals surface area (Å²) in [5.41, 5.74) is -0.730. The molecular weight excluding hydrogens is 496 g/mol. The molecule has 0 heterocycles. The minimum Gasteiger partial charge on any atom is -0.483 e. The molecule has 0 aliphatic heterocycles. The number of hydrogen-bond acceptors (Lipinski definition) is 6. The van der Waals surface area contributed by atoms with Crippen molar-refractivity contribution in [3.63, 3.8) is 0 Å². The van der Waals surface area contributed by atoms with Crippen LogP contribution >= 0.6 is 0 Å². The first-order chi connectivity index (χ1) is 15.6. The van der Waals surface area contributed by atoms with Crippen LogP contribution in [0.5, 0.6) is 11.5 Å². The summed E-state index contributed by atoms with van der Waals surface area (Å²) in [5, 5.41) is 11.8. The van der Waals surface area contributed by atoms with Crippen molar-refractivity contribution in [3.8, 4) is 17.6 Å². The van der Waals surface area contributed by atoms with Crippen LogP contribution in [0.4, 0.5) is 37.7 Å². The Kier molecular flexibility index (Phi) is 7.88. The number of hydrogen-bond donors (Lipinski definition) is 2. The molecule has 8 nitrogen and oxygen atoms in total. The quantitative estimate of drug-likeness (QED) is 0.513. The molecule has 0 bridgehead atoms. The number of carbonyl (C=O) groups excluding carboxylic acids is 1. The van der Waals surface area contributed by atoms with E-state index in [-0.39, 0.29) is 5.69 Å². The van der Waals surface area contributed by atoms with E-state index in [1.807, 2.05) is 4.72 Å². The number of amides is 1. The zero-order valence-corrected chi connectivity index (χ0v) is 17.9. The number of carbonyl (C=O) groups is 1. The average Bonchev–Trinajstić information content (AvgIpc) is 2.69. The molecule has 184 valence electrons. The molecule has 0 saturated carbocycles. The van der Waals surface area contributed by atoms with Gasteiger partial charge in [0, 0.05) is 18.3 Å². The van der Waals surface area contributed by atoms with Crippen LogP contribution in [-0.4, -0.2) is 39.9 Å². The van der Waals surface area contributed by atoms with Gasteiger partial charge in [-0.2, -0.15) is 31.6 Å². The van der Waals surface area contributed by atoms with Gasteiger partial charge in [0.25, 0.3) is 10.0 Å². The van der Waals surface area contributed by atoms with Crippen molar-refractivity contribution < 1.29 is 49.0 Å². The lowest BCUT2D eigenvalue weighted by molar-refractivity contribution is -0.154. The number of ether oxygens (including phenoxy) is 2. The number of benzene rings is 2. The van der Waals surface area contributed by atoms with Gasteiger partial charge >= 0.3 is 12.4 Å². The van der Waals surface area contributed by atoms with E-state index in [2.05, 4.69) is 14.8 Å². The van der Waals surface area contributed by atoms with Gasteiger partial charge in [0.15, 0.2) is 19.0 Å². The Bertz CT molecular complexity index is 1190. The molecule has 0 atom stereocenters. The number of nitrogens with zero attached hydrogens (tertiary/aromatic N) is 1. The average molecular weight is 511 g/mol. The van der Waals surface area contributed by atoms with E-state index in [0.717, 1.165) is 0 Å². The van der Waals surface area contributed by atoms with Crippen LogP contribution in [0.1, 0.15) is 12.5 Å². The molecule has 2 aromatic carbocycles. The van der Waals surface area contributed by atoms with Gasteiger partial charge in [-0.05, 0) is 36.4 Å². The summed E-state index contributed by atoms with van der Waals surface area (Å²) in [6.45, 7) is -2.67. The van der Waals surface area contributed by atoms with Gasteiger partial charge in [-0.1, -0.05) is 0 Å². The van der Waals surface area contributed by atoms with E-state index in [1.54, 1.807) is 0 Å². The lowest BCUT2D eigenvalue weighted by Gasteiger charge is -2.18. The molecule has 1 amide bonds. The maximum Gasteiger partial charge on any atom is 0.422 e. The molecule has 34 heavy (non-hydrogen) atoms. The topological polar surface area (TPSA) is 118 Å². The van der Waals surface area contributed by atoms with E-state index >= 15 is 0 Å². The van der Waals surface area contributed by atoms with Crippen molar-refractivity contribution in [1.82, 2.24) is 0 Å². The summed E-state index contributed by atoms with van der Waals surface area (Å²) in [7, 11) is -4.70. The summed E-state index contributed by atoms with van der Waals surface area (Å²) in [6.07, 6.45) is -9.79. The highest BCUT2D eigenvalue weighted by Gasteiger charge is 2.34. The molecule has 2 rings (SSSR count). The smallest absolute Gasteiger partial charge is 0.422 e. The number of rotatable bonds is 8. The Morgan fingerprint density at radius 2 is 1.47 bits per heavy atom. The number of anilines is 2. The molecule has 0 fully saturated rings. The summed E-state index contributed by atoms with van der Waals surface area (Å²) >= 11 is 0. The second kappa shape index (κ2) is 10.1. The summed E-state index contributed by atoms with van der Waals surface area (Å²) in [6, 6.07) is 7.77. The molecule has 2 N–H and O–H groups in total. The Hall–Kier alpha value is -3.67. The molecule has 0 aliphatic carbocycles. The Balaban J connectivity index is 2.48. The van der Waals surface area contributed by atoms with Crippen LogP contribution in [0.15, 0.2) is 41.3 Å². The number of alkyl halides is 6. The fourth-order valence-corrected chi connectivity index (χ4v) is 3.68. The minimum atomic E-state index is -4.95. The van der Waals surface area contributed by atoms with E-state index in [4.69, 9.17) is 0 Å². The molecule has 15 heteroatoms. The lowest BCUT2D eigenvalue weighted by atomic mass is 10.2. The first-order valence-corrected chi connectivity index (χ1v) is 10.5. The van der Waals surface area contributed by atoms with Crippen LogP contribution in [0.25, 0.3) is 0 Å². The van der Waals surface area contributed by atoms with E-state index < -0.39 is 63.5 Å². The highest BCUT2D eigenvalue weighted by molar-refractivity contribution is 7.92. The Morgan fingerprint density at radius 1 is 0.941 bits per heavy atom.